The molecule has 0 aliphatic heterocycles. The Hall–Kier alpha value is -3.18. The van der Waals surface area contributed by atoms with Crippen molar-refractivity contribution in [2.45, 2.75) is 13.0 Å². The van der Waals surface area contributed by atoms with Gasteiger partial charge in [-0.25, -0.2) is 0 Å². The first-order chi connectivity index (χ1) is 13.2. The van der Waals surface area contributed by atoms with Crippen LogP contribution >= 0.6 is 12.2 Å². The van der Waals surface area contributed by atoms with Gasteiger partial charge in [0.05, 0.1) is 0 Å². The summed E-state index contributed by atoms with van der Waals surface area (Å²) in [5, 5.41) is 7.30. The van der Waals surface area contributed by atoms with E-state index in [1.807, 2.05) is 78.2 Å². The number of para-hydroxylation sites is 2. The fourth-order valence-electron chi connectivity index (χ4n) is 3.08. The Balaban J connectivity index is 1.69. The smallest absolute Gasteiger partial charge is 0.199 e. The number of benzene rings is 3. The van der Waals surface area contributed by atoms with E-state index in [1.165, 1.54) is 0 Å². The normalized spacial score (nSPS) is 11.9. The molecule has 4 rings (SSSR count). The maximum atomic E-state index is 6.31. The monoisotopic (exact) mass is 373 g/mol. The second-order valence-corrected chi connectivity index (χ2v) is 6.57. The van der Waals surface area contributed by atoms with Crippen LogP contribution in [0.4, 0.5) is 0 Å². The minimum Gasteiger partial charge on any atom is -0.482 e. The summed E-state index contributed by atoms with van der Waals surface area (Å²) in [6.07, 6.45) is -0.289. The molecule has 134 valence electrons. The zero-order valence-corrected chi connectivity index (χ0v) is 15.7. The summed E-state index contributed by atoms with van der Waals surface area (Å²) in [7, 11) is 0. The van der Waals surface area contributed by atoms with Crippen molar-refractivity contribution >= 4 is 12.2 Å². The molecule has 1 aromatic heterocycles. The summed E-state index contributed by atoms with van der Waals surface area (Å²) in [4.78, 5) is 0. The Kier molecular flexibility index (Phi) is 4.85. The molecule has 1 atom stereocenters. The number of hydrogen-bond acceptors (Lipinski definition) is 3. The first-order valence-electron chi connectivity index (χ1n) is 8.78. The third kappa shape index (κ3) is 3.55. The van der Waals surface area contributed by atoms with Gasteiger partial charge in [-0.1, -0.05) is 66.7 Å². The van der Waals surface area contributed by atoms with Crippen LogP contribution in [0.1, 0.15) is 18.9 Å². The molecule has 1 N–H and O–H groups in total. The zero-order valence-electron chi connectivity index (χ0n) is 14.9. The van der Waals surface area contributed by atoms with E-state index in [2.05, 4.69) is 28.4 Å². The van der Waals surface area contributed by atoms with E-state index in [4.69, 9.17) is 17.0 Å². The van der Waals surface area contributed by atoms with Gasteiger partial charge < -0.3 is 4.74 Å². The van der Waals surface area contributed by atoms with E-state index in [0.29, 0.717) is 4.77 Å². The molecule has 4 nitrogen and oxygen atoms in total. The van der Waals surface area contributed by atoms with Crippen LogP contribution in [0.25, 0.3) is 16.8 Å². The maximum absolute atomic E-state index is 6.31. The summed E-state index contributed by atoms with van der Waals surface area (Å²) in [5.74, 6) is 1.54. The molecule has 0 aliphatic rings. The topological polar surface area (TPSA) is 42.8 Å². The number of nitrogens with one attached hydrogen (secondary N) is 1. The maximum Gasteiger partial charge on any atom is 0.199 e. The molecular formula is C22H19N3OS. The fourth-order valence-corrected chi connectivity index (χ4v) is 3.32. The third-order valence-corrected chi connectivity index (χ3v) is 4.63. The van der Waals surface area contributed by atoms with E-state index in [1.54, 1.807) is 0 Å². The largest absolute Gasteiger partial charge is 0.482 e. The van der Waals surface area contributed by atoms with Crippen LogP contribution in [0.3, 0.4) is 0 Å². The van der Waals surface area contributed by atoms with Gasteiger partial charge in [-0.2, -0.15) is 5.10 Å². The summed E-state index contributed by atoms with van der Waals surface area (Å²) >= 11 is 5.43. The molecule has 4 aromatic rings. The number of H-pyrrole nitrogens is 1. The predicted molar refractivity (Wildman–Crippen MR) is 110 cm³/mol. The molecule has 1 heterocycles. The SMILES string of the molecule is C[C@@H](Oc1ccccc1-c1ccccc1)c1n[nH]c(=S)n1-c1ccccc1. The third-order valence-electron chi connectivity index (χ3n) is 4.35. The highest BCUT2D eigenvalue weighted by atomic mass is 32.1. The van der Waals surface area contributed by atoms with Gasteiger partial charge in [-0.3, -0.25) is 9.67 Å². The number of aromatic amines is 1. The van der Waals surface area contributed by atoms with Crippen molar-refractivity contribution in [3.63, 3.8) is 0 Å². The Labute approximate surface area is 163 Å². The minimum absolute atomic E-state index is 0.289. The standard InChI is InChI=1S/C22H19N3OS/c1-16(21-23-24-22(27)25(21)18-12-6-3-7-13-18)26-20-15-9-8-14-19(20)17-10-4-2-5-11-17/h2-16H,1H3,(H,24,27)/t16-/m1/s1. The van der Waals surface area contributed by atoms with Crippen LogP contribution in [0.5, 0.6) is 5.75 Å². The van der Waals surface area contributed by atoms with Gasteiger partial charge in [0, 0.05) is 11.3 Å². The van der Waals surface area contributed by atoms with Crippen molar-refractivity contribution in [2.75, 3.05) is 0 Å². The lowest BCUT2D eigenvalue weighted by atomic mass is 10.0. The molecule has 3 aromatic carbocycles. The first-order valence-corrected chi connectivity index (χ1v) is 9.18. The number of hydrogen-bond donors (Lipinski definition) is 1. The second kappa shape index (κ2) is 7.60. The molecule has 0 aliphatic carbocycles. The lowest BCUT2D eigenvalue weighted by molar-refractivity contribution is 0.215. The van der Waals surface area contributed by atoms with Crippen LogP contribution in [0.15, 0.2) is 84.9 Å². The zero-order chi connectivity index (χ0) is 18.6. The molecule has 5 heteroatoms. The van der Waals surface area contributed by atoms with Crippen molar-refractivity contribution in [1.29, 1.82) is 0 Å². The van der Waals surface area contributed by atoms with Crippen molar-refractivity contribution in [3.8, 4) is 22.6 Å². The van der Waals surface area contributed by atoms with Crippen LogP contribution in [0.2, 0.25) is 0 Å². The Morgan fingerprint density at radius 3 is 2.26 bits per heavy atom. The quantitative estimate of drug-likeness (QED) is 0.454. The molecule has 0 fully saturated rings. The molecule has 0 saturated carbocycles. The summed E-state index contributed by atoms with van der Waals surface area (Å²) in [6.45, 7) is 1.98. The van der Waals surface area contributed by atoms with Crippen molar-refractivity contribution < 1.29 is 4.74 Å². The predicted octanol–water partition coefficient (Wildman–Crippen LogP) is 5.74. The van der Waals surface area contributed by atoms with Gasteiger partial charge in [0.1, 0.15) is 5.75 Å². The van der Waals surface area contributed by atoms with Gasteiger partial charge in [0.25, 0.3) is 0 Å². The van der Waals surface area contributed by atoms with Crippen LogP contribution in [-0.4, -0.2) is 14.8 Å². The van der Waals surface area contributed by atoms with Gasteiger partial charge >= 0.3 is 0 Å². The van der Waals surface area contributed by atoms with Gasteiger partial charge in [-0.15, -0.1) is 0 Å². The lowest BCUT2D eigenvalue weighted by Gasteiger charge is -2.18. The van der Waals surface area contributed by atoms with E-state index in [-0.39, 0.29) is 6.10 Å². The average Bonchev–Trinajstić information content (AvgIpc) is 3.11. The van der Waals surface area contributed by atoms with Crippen molar-refractivity contribution in [3.05, 3.63) is 95.5 Å². The summed E-state index contributed by atoms with van der Waals surface area (Å²) in [5.41, 5.74) is 3.12. The molecule has 0 radical (unpaired) electrons. The number of ether oxygens (including phenoxy) is 1. The minimum atomic E-state index is -0.289. The number of aromatic nitrogens is 3. The molecule has 0 amide bonds. The first kappa shape index (κ1) is 17.2. The highest BCUT2D eigenvalue weighted by Gasteiger charge is 2.18. The second-order valence-electron chi connectivity index (χ2n) is 6.18. The molecule has 0 saturated heterocycles. The molecule has 27 heavy (non-hydrogen) atoms. The molecule has 0 bridgehead atoms. The van der Waals surface area contributed by atoms with Crippen LogP contribution in [-0.2, 0) is 0 Å². The van der Waals surface area contributed by atoms with E-state index in [9.17, 15) is 0 Å². The van der Waals surface area contributed by atoms with E-state index < -0.39 is 0 Å². The van der Waals surface area contributed by atoms with Crippen LogP contribution < -0.4 is 4.74 Å². The lowest BCUT2D eigenvalue weighted by Crippen LogP contribution is -2.11. The van der Waals surface area contributed by atoms with Crippen LogP contribution in [0, 0.1) is 4.77 Å². The fraction of sp³-hybridized carbons (Fsp3) is 0.0909. The van der Waals surface area contributed by atoms with E-state index in [0.717, 1.165) is 28.4 Å². The summed E-state index contributed by atoms with van der Waals surface area (Å²) in [6, 6.07) is 28.2. The Morgan fingerprint density at radius 1 is 0.889 bits per heavy atom. The molecular weight excluding hydrogens is 354 g/mol. The van der Waals surface area contributed by atoms with Crippen molar-refractivity contribution in [1.82, 2.24) is 14.8 Å². The number of rotatable bonds is 5. The highest BCUT2D eigenvalue weighted by Crippen LogP contribution is 2.32. The molecule has 0 spiro atoms. The average molecular weight is 373 g/mol. The van der Waals surface area contributed by atoms with Crippen molar-refractivity contribution in [2.24, 2.45) is 0 Å². The van der Waals surface area contributed by atoms with Gasteiger partial charge in [0.2, 0.25) is 0 Å². The Bertz CT molecular complexity index is 1090. The van der Waals surface area contributed by atoms with Gasteiger partial charge in [0.15, 0.2) is 16.7 Å². The Morgan fingerprint density at radius 2 is 1.52 bits per heavy atom. The van der Waals surface area contributed by atoms with E-state index >= 15 is 0 Å². The highest BCUT2D eigenvalue weighted by molar-refractivity contribution is 7.71. The summed E-state index contributed by atoms with van der Waals surface area (Å²) < 4.78 is 8.76. The molecule has 0 unspecified atom stereocenters. The van der Waals surface area contributed by atoms with Gasteiger partial charge in [-0.05, 0) is 42.9 Å². The number of nitrogens with zero attached hydrogens (tertiary/aromatic N) is 2.